The van der Waals surface area contributed by atoms with E-state index in [4.69, 9.17) is 4.74 Å². The molecule has 0 aliphatic carbocycles. The molecule has 28 heavy (non-hydrogen) atoms. The van der Waals surface area contributed by atoms with Crippen molar-refractivity contribution in [2.24, 2.45) is 0 Å². The summed E-state index contributed by atoms with van der Waals surface area (Å²) in [7, 11) is 0. The molecule has 0 aromatic heterocycles. The second kappa shape index (κ2) is 10.6. The first-order chi connectivity index (χ1) is 13.4. The molecule has 0 aliphatic heterocycles. The van der Waals surface area contributed by atoms with E-state index in [1.807, 2.05) is 37.3 Å². The van der Waals surface area contributed by atoms with Crippen LogP contribution in [0.2, 0.25) is 0 Å². The Morgan fingerprint density at radius 3 is 2.46 bits per heavy atom. The Labute approximate surface area is 172 Å². The monoisotopic (exact) mass is 446 g/mol. The average molecular weight is 447 g/mol. The zero-order valence-electron chi connectivity index (χ0n) is 15.8. The molecule has 2 N–H and O–H groups in total. The number of benzene rings is 2. The lowest BCUT2D eigenvalue weighted by Gasteiger charge is -2.18. The molecule has 6 nitrogen and oxygen atoms in total. The number of rotatable bonds is 8. The third-order valence-electron chi connectivity index (χ3n) is 3.88. The average Bonchev–Trinajstić information content (AvgIpc) is 2.67. The predicted octanol–water partition coefficient (Wildman–Crippen LogP) is 4.22. The second-order valence-corrected chi connectivity index (χ2v) is 7.16. The van der Waals surface area contributed by atoms with E-state index in [2.05, 4.69) is 26.6 Å². The van der Waals surface area contributed by atoms with E-state index in [1.165, 1.54) is 6.92 Å². The standard InChI is InChI=1S/C21H23BrN2O4/c1-3-11-28-21(27)17-12-16(22)9-10-18(17)24-20(26)13-19(23-14(2)25)15-7-5-4-6-8-15/h4-10,12,19H,3,11,13H2,1-2H3,(H,23,25)(H,24,26). The van der Waals surface area contributed by atoms with Crippen LogP contribution in [0.1, 0.15) is 48.7 Å². The minimum atomic E-state index is -0.500. The Bertz CT molecular complexity index is 840. The van der Waals surface area contributed by atoms with E-state index >= 15 is 0 Å². The maximum absolute atomic E-state index is 12.6. The number of esters is 1. The van der Waals surface area contributed by atoms with E-state index in [-0.39, 0.29) is 23.8 Å². The predicted molar refractivity (Wildman–Crippen MR) is 111 cm³/mol. The minimum absolute atomic E-state index is 0.0309. The second-order valence-electron chi connectivity index (χ2n) is 6.24. The highest BCUT2D eigenvalue weighted by Crippen LogP contribution is 2.24. The zero-order chi connectivity index (χ0) is 20.5. The highest BCUT2D eigenvalue weighted by molar-refractivity contribution is 9.10. The summed E-state index contributed by atoms with van der Waals surface area (Å²) in [6, 6.07) is 13.8. The summed E-state index contributed by atoms with van der Waals surface area (Å²) in [5.41, 5.74) is 1.46. The van der Waals surface area contributed by atoms with Crippen LogP contribution in [-0.4, -0.2) is 24.4 Å². The summed E-state index contributed by atoms with van der Waals surface area (Å²) in [5.74, 6) is -1.05. The van der Waals surface area contributed by atoms with Crippen molar-refractivity contribution in [2.75, 3.05) is 11.9 Å². The van der Waals surface area contributed by atoms with Crippen LogP contribution < -0.4 is 10.6 Å². The van der Waals surface area contributed by atoms with Gasteiger partial charge in [-0.25, -0.2) is 4.79 Å². The lowest BCUT2D eigenvalue weighted by molar-refractivity contribution is -0.120. The molecule has 0 radical (unpaired) electrons. The van der Waals surface area contributed by atoms with Gasteiger partial charge in [-0.1, -0.05) is 53.2 Å². The van der Waals surface area contributed by atoms with Crippen molar-refractivity contribution in [3.63, 3.8) is 0 Å². The van der Waals surface area contributed by atoms with Gasteiger partial charge in [0.2, 0.25) is 11.8 Å². The number of hydrogen-bond acceptors (Lipinski definition) is 4. The Morgan fingerprint density at radius 2 is 1.82 bits per heavy atom. The molecule has 0 aliphatic rings. The van der Waals surface area contributed by atoms with Crippen LogP contribution in [-0.2, 0) is 14.3 Å². The van der Waals surface area contributed by atoms with Crippen molar-refractivity contribution in [1.29, 1.82) is 0 Å². The van der Waals surface area contributed by atoms with Gasteiger partial charge in [0.05, 0.1) is 30.3 Å². The molecule has 0 heterocycles. The number of anilines is 1. The topological polar surface area (TPSA) is 84.5 Å². The SMILES string of the molecule is CCCOC(=O)c1cc(Br)ccc1NC(=O)CC(NC(C)=O)c1ccccc1. The molecule has 0 spiro atoms. The van der Waals surface area contributed by atoms with Crippen molar-refractivity contribution in [2.45, 2.75) is 32.7 Å². The summed E-state index contributed by atoms with van der Waals surface area (Å²) >= 11 is 3.33. The van der Waals surface area contributed by atoms with Gasteiger partial charge < -0.3 is 15.4 Å². The molecule has 0 saturated heterocycles. The molecular weight excluding hydrogens is 424 g/mol. The van der Waals surface area contributed by atoms with Crippen LogP contribution in [0.15, 0.2) is 53.0 Å². The third kappa shape index (κ3) is 6.49. The highest BCUT2D eigenvalue weighted by Gasteiger charge is 2.20. The van der Waals surface area contributed by atoms with Crippen LogP contribution in [0, 0.1) is 0 Å². The fourth-order valence-electron chi connectivity index (χ4n) is 2.64. The van der Waals surface area contributed by atoms with Crippen molar-refractivity contribution >= 4 is 39.4 Å². The van der Waals surface area contributed by atoms with Gasteiger partial charge in [-0.3, -0.25) is 9.59 Å². The van der Waals surface area contributed by atoms with Gasteiger partial charge in [0.15, 0.2) is 0 Å². The van der Waals surface area contributed by atoms with Gasteiger partial charge in [-0.15, -0.1) is 0 Å². The number of carbonyl (C=O) groups excluding carboxylic acids is 3. The third-order valence-corrected chi connectivity index (χ3v) is 4.38. The number of carbonyl (C=O) groups is 3. The molecule has 1 unspecified atom stereocenters. The summed E-state index contributed by atoms with van der Waals surface area (Å²) in [4.78, 5) is 36.5. The quantitative estimate of drug-likeness (QED) is 0.594. The normalized spacial score (nSPS) is 11.4. The van der Waals surface area contributed by atoms with Gasteiger partial charge in [-0.2, -0.15) is 0 Å². The van der Waals surface area contributed by atoms with E-state index in [1.54, 1.807) is 18.2 Å². The molecule has 0 fully saturated rings. The largest absolute Gasteiger partial charge is 0.462 e. The maximum Gasteiger partial charge on any atom is 0.340 e. The van der Waals surface area contributed by atoms with Gasteiger partial charge in [0.1, 0.15) is 0 Å². The van der Waals surface area contributed by atoms with Crippen LogP contribution in [0.4, 0.5) is 5.69 Å². The van der Waals surface area contributed by atoms with Crippen molar-refractivity contribution < 1.29 is 19.1 Å². The fourth-order valence-corrected chi connectivity index (χ4v) is 3.00. The van der Waals surface area contributed by atoms with Gasteiger partial charge in [-0.05, 0) is 30.2 Å². The smallest absolute Gasteiger partial charge is 0.340 e. The van der Waals surface area contributed by atoms with Crippen molar-refractivity contribution in [3.8, 4) is 0 Å². The van der Waals surface area contributed by atoms with E-state index in [9.17, 15) is 14.4 Å². The minimum Gasteiger partial charge on any atom is -0.462 e. The van der Waals surface area contributed by atoms with Crippen LogP contribution in [0.25, 0.3) is 0 Å². The fraction of sp³-hybridized carbons (Fsp3) is 0.286. The van der Waals surface area contributed by atoms with Gasteiger partial charge in [0.25, 0.3) is 0 Å². The van der Waals surface area contributed by atoms with E-state index < -0.39 is 12.0 Å². The number of ether oxygens (including phenoxy) is 1. The Balaban J connectivity index is 2.16. The number of halogens is 1. The highest BCUT2D eigenvalue weighted by atomic mass is 79.9. The Morgan fingerprint density at radius 1 is 1.11 bits per heavy atom. The lowest BCUT2D eigenvalue weighted by Crippen LogP contribution is -2.30. The van der Waals surface area contributed by atoms with Gasteiger partial charge >= 0.3 is 5.97 Å². The molecule has 7 heteroatoms. The molecule has 2 aromatic rings. The first-order valence-electron chi connectivity index (χ1n) is 8.99. The van der Waals surface area contributed by atoms with Crippen LogP contribution >= 0.6 is 15.9 Å². The summed E-state index contributed by atoms with van der Waals surface area (Å²) in [6.07, 6.45) is 0.736. The molecular formula is C21H23BrN2O4. The number of hydrogen-bond donors (Lipinski definition) is 2. The molecule has 2 amide bonds. The summed E-state index contributed by atoms with van der Waals surface area (Å²) < 4.78 is 5.89. The lowest BCUT2D eigenvalue weighted by atomic mass is 10.0. The number of amides is 2. The van der Waals surface area contributed by atoms with Crippen LogP contribution in [0.3, 0.4) is 0 Å². The maximum atomic E-state index is 12.6. The number of nitrogens with one attached hydrogen (secondary N) is 2. The zero-order valence-corrected chi connectivity index (χ0v) is 17.4. The van der Waals surface area contributed by atoms with E-state index in [0.717, 1.165) is 5.56 Å². The molecule has 1 atom stereocenters. The summed E-state index contributed by atoms with van der Waals surface area (Å²) in [6.45, 7) is 3.62. The van der Waals surface area contributed by atoms with E-state index in [0.29, 0.717) is 23.2 Å². The molecule has 148 valence electrons. The van der Waals surface area contributed by atoms with Gasteiger partial charge in [0, 0.05) is 11.4 Å². The Hall–Kier alpha value is -2.67. The molecule has 0 saturated carbocycles. The van der Waals surface area contributed by atoms with Crippen molar-refractivity contribution in [1.82, 2.24) is 5.32 Å². The Kier molecular flexibility index (Phi) is 8.19. The molecule has 2 aromatic carbocycles. The summed E-state index contributed by atoms with van der Waals surface area (Å²) in [5, 5.41) is 5.55. The van der Waals surface area contributed by atoms with Crippen LogP contribution in [0.5, 0.6) is 0 Å². The van der Waals surface area contributed by atoms with Crippen molar-refractivity contribution in [3.05, 3.63) is 64.1 Å². The first kappa shape index (κ1) is 21.6. The molecule has 2 rings (SSSR count). The first-order valence-corrected chi connectivity index (χ1v) is 9.78. The molecule has 0 bridgehead atoms.